The van der Waals surface area contributed by atoms with Crippen molar-refractivity contribution >= 4 is 29.1 Å². The van der Waals surface area contributed by atoms with Crippen LogP contribution in [0.2, 0.25) is 0 Å². The minimum absolute atomic E-state index is 0.245. The second-order valence-electron chi connectivity index (χ2n) is 6.78. The second kappa shape index (κ2) is 9.95. The molecule has 1 aromatic carbocycles. The van der Waals surface area contributed by atoms with Gasteiger partial charge < -0.3 is 24.8 Å². The molecule has 1 aromatic heterocycles. The largest absolute Gasteiger partial charge is 0.450 e. The van der Waals surface area contributed by atoms with E-state index < -0.39 is 0 Å². The maximum Gasteiger partial charge on any atom is 0.409 e. The lowest BCUT2D eigenvalue weighted by molar-refractivity contribution is 0.105. The van der Waals surface area contributed by atoms with Crippen molar-refractivity contribution in [3.63, 3.8) is 0 Å². The number of piperazine rings is 1. The Morgan fingerprint density at radius 3 is 2.38 bits per heavy atom. The molecule has 2 heterocycles. The maximum atomic E-state index is 11.8. The minimum atomic E-state index is -0.245. The quantitative estimate of drug-likeness (QED) is 0.767. The van der Waals surface area contributed by atoms with Crippen molar-refractivity contribution in [1.82, 2.24) is 14.9 Å². The second-order valence-corrected chi connectivity index (χ2v) is 6.78. The summed E-state index contributed by atoms with van der Waals surface area (Å²) in [6, 6.07) is 10.3. The molecule has 8 nitrogen and oxygen atoms in total. The molecule has 0 atom stereocenters. The minimum Gasteiger partial charge on any atom is -0.450 e. The molecule has 1 N–H and O–H groups in total. The van der Waals surface area contributed by atoms with Crippen LogP contribution in [0.15, 0.2) is 36.7 Å². The summed E-state index contributed by atoms with van der Waals surface area (Å²) in [5.74, 6) is 1.60. The Morgan fingerprint density at radius 1 is 1.07 bits per heavy atom. The van der Waals surface area contributed by atoms with Gasteiger partial charge in [-0.05, 0) is 45.0 Å². The summed E-state index contributed by atoms with van der Waals surface area (Å²) in [5, 5.41) is 3.35. The highest BCUT2D eigenvalue weighted by Crippen LogP contribution is 2.22. The monoisotopic (exact) mass is 398 g/mol. The first-order chi connectivity index (χ1) is 14.1. The van der Waals surface area contributed by atoms with Gasteiger partial charge in [0.1, 0.15) is 18.0 Å². The van der Waals surface area contributed by atoms with Crippen molar-refractivity contribution in [3.8, 4) is 0 Å². The maximum absolute atomic E-state index is 11.8. The fourth-order valence-electron chi connectivity index (χ4n) is 3.41. The van der Waals surface area contributed by atoms with Crippen LogP contribution in [-0.2, 0) is 4.74 Å². The van der Waals surface area contributed by atoms with E-state index >= 15 is 0 Å². The van der Waals surface area contributed by atoms with Crippen LogP contribution in [0.1, 0.15) is 20.8 Å². The summed E-state index contributed by atoms with van der Waals surface area (Å²) in [4.78, 5) is 26.8. The van der Waals surface area contributed by atoms with Gasteiger partial charge >= 0.3 is 6.09 Å². The third kappa shape index (κ3) is 5.28. The molecule has 1 amide bonds. The lowest BCUT2D eigenvalue weighted by Crippen LogP contribution is -2.49. The molecule has 1 fully saturated rings. The highest BCUT2D eigenvalue weighted by Gasteiger charge is 2.22. The van der Waals surface area contributed by atoms with Crippen LogP contribution in [-0.4, -0.2) is 66.8 Å². The zero-order chi connectivity index (χ0) is 20.6. The average molecular weight is 399 g/mol. The molecule has 0 bridgehead atoms. The highest BCUT2D eigenvalue weighted by molar-refractivity contribution is 5.68. The van der Waals surface area contributed by atoms with Crippen molar-refractivity contribution in [2.24, 2.45) is 0 Å². The summed E-state index contributed by atoms with van der Waals surface area (Å²) in [6.45, 7) is 11.2. The number of hydrogen-bond donors (Lipinski definition) is 1. The zero-order valence-electron chi connectivity index (χ0n) is 17.5. The third-order valence-corrected chi connectivity index (χ3v) is 5.05. The van der Waals surface area contributed by atoms with Gasteiger partial charge in [-0.15, -0.1) is 0 Å². The molecule has 3 rings (SSSR count). The number of hydrogen-bond acceptors (Lipinski definition) is 7. The Morgan fingerprint density at radius 2 is 1.76 bits per heavy atom. The first-order valence-electron chi connectivity index (χ1n) is 10.2. The van der Waals surface area contributed by atoms with Crippen molar-refractivity contribution in [2.75, 3.05) is 61.0 Å². The zero-order valence-corrected chi connectivity index (χ0v) is 17.5. The topological polar surface area (TPSA) is 73.8 Å². The number of benzene rings is 1. The van der Waals surface area contributed by atoms with Crippen molar-refractivity contribution < 1.29 is 9.53 Å². The molecule has 0 saturated carbocycles. The fourth-order valence-corrected chi connectivity index (χ4v) is 3.41. The Hall–Kier alpha value is -3.03. The van der Waals surface area contributed by atoms with Crippen LogP contribution in [0.5, 0.6) is 0 Å². The normalized spacial score (nSPS) is 13.9. The molecule has 1 saturated heterocycles. The smallest absolute Gasteiger partial charge is 0.409 e. The SMILES string of the molecule is CCOC(=O)N1CCN(c2cc(Nc3ccc(N(CC)CC)cc3)ncn2)CC1. The Labute approximate surface area is 172 Å². The van der Waals surface area contributed by atoms with Crippen molar-refractivity contribution in [1.29, 1.82) is 0 Å². The van der Waals surface area contributed by atoms with Gasteiger partial charge in [-0.2, -0.15) is 0 Å². The molecular weight excluding hydrogens is 368 g/mol. The molecule has 156 valence electrons. The van der Waals surface area contributed by atoms with Gasteiger partial charge in [-0.25, -0.2) is 14.8 Å². The number of amides is 1. The molecule has 0 spiro atoms. The summed E-state index contributed by atoms with van der Waals surface area (Å²) in [6.07, 6.45) is 1.32. The van der Waals surface area contributed by atoms with Crippen LogP contribution in [0.3, 0.4) is 0 Å². The van der Waals surface area contributed by atoms with Crippen LogP contribution >= 0.6 is 0 Å². The first-order valence-corrected chi connectivity index (χ1v) is 10.2. The molecular formula is C21H30N6O2. The number of nitrogens with zero attached hydrogens (tertiary/aromatic N) is 5. The lowest BCUT2D eigenvalue weighted by atomic mass is 10.2. The van der Waals surface area contributed by atoms with E-state index in [0.29, 0.717) is 32.8 Å². The first kappa shape index (κ1) is 20.7. The molecule has 0 radical (unpaired) electrons. The van der Waals surface area contributed by atoms with Crippen molar-refractivity contribution in [3.05, 3.63) is 36.7 Å². The van der Waals surface area contributed by atoms with E-state index in [1.807, 2.05) is 13.0 Å². The van der Waals surface area contributed by atoms with E-state index in [0.717, 1.165) is 30.4 Å². The van der Waals surface area contributed by atoms with Gasteiger partial charge in [-0.3, -0.25) is 0 Å². The van der Waals surface area contributed by atoms with Gasteiger partial charge in [0.2, 0.25) is 0 Å². The predicted octanol–water partition coefficient (Wildman–Crippen LogP) is 3.34. The van der Waals surface area contributed by atoms with E-state index in [4.69, 9.17) is 4.74 Å². The van der Waals surface area contributed by atoms with Gasteiger partial charge in [-0.1, -0.05) is 0 Å². The average Bonchev–Trinajstić information content (AvgIpc) is 2.76. The van der Waals surface area contributed by atoms with E-state index in [1.165, 1.54) is 5.69 Å². The van der Waals surface area contributed by atoms with E-state index in [9.17, 15) is 4.79 Å². The molecule has 1 aliphatic rings. The molecule has 0 aliphatic carbocycles. The molecule has 8 heteroatoms. The van der Waals surface area contributed by atoms with E-state index in [-0.39, 0.29) is 6.09 Å². The predicted molar refractivity (Wildman–Crippen MR) is 116 cm³/mol. The fraction of sp³-hybridized carbons (Fsp3) is 0.476. The van der Waals surface area contributed by atoms with Crippen LogP contribution in [0, 0.1) is 0 Å². The van der Waals surface area contributed by atoms with Crippen LogP contribution in [0.25, 0.3) is 0 Å². The summed E-state index contributed by atoms with van der Waals surface area (Å²) in [5.41, 5.74) is 2.20. The number of nitrogens with one attached hydrogen (secondary N) is 1. The van der Waals surface area contributed by atoms with Gasteiger partial charge in [0.25, 0.3) is 0 Å². The Bertz CT molecular complexity index is 786. The Balaban J connectivity index is 1.61. The van der Waals surface area contributed by atoms with E-state index in [1.54, 1.807) is 11.2 Å². The summed E-state index contributed by atoms with van der Waals surface area (Å²) < 4.78 is 5.08. The summed E-state index contributed by atoms with van der Waals surface area (Å²) >= 11 is 0. The highest BCUT2D eigenvalue weighted by atomic mass is 16.6. The summed E-state index contributed by atoms with van der Waals surface area (Å²) in [7, 11) is 0. The number of anilines is 4. The third-order valence-electron chi connectivity index (χ3n) is 5.05. The van der Waals surface area contributed by atoms with Gasteiger partial charge in [0, 0.05) is 56.7 Å². The molecule has 29 heavy (non-hydrogen) atoms. The lowest BCUT2D eigenvalue weighted by Gasteiger charge is -2.34. The van der Waals surface area contributed by atoms with E-state index in [2.05, 4.69) is 63.2 Å². The molecule has 0 unspecified atom stereocenters. The number of ether oxygens (including phenoxy) is 1. The number of aromatic nitrogens is 2. The number of rotatable bonds is 7. The van der Waals surface area contributed by atoms with Crippen LogP contribution < -0.4 is 15.1 Å². The molecule has 1 aliphatic heterocycles. The van der Waals surface area contributed by atoms with Crippen molar-refractivity contribution in [2.45, 2.75) is 20.8 Å². The number of carbonyl (C=O) groups is 1. The van der Waals surface area contributed by atoms with Gasteiger partial charge in [0.15, 0.2) is 0 Å². The Kier molecular flexibility index (Phi) is 7.10. The van der Waals surface area contributed by atoms with Gasteiger partial charge in [0.05, 0.1) is 6.61 Å². The number of carbonyl (C=O) groups excluding carboxylic acids is 1. The molecule has 2 aromatic rings. The van der Waals surface area contributed by atoms with Crippen LogP contribution in [0.4, 0.5) is 27.8 Å². The standard InChI is InChI=1S/C21H30N6O2/c1-4-25(5-2)18-9-7-17(8-10-18)24-19-15-20(23-16-22-19)26-11-13-27(14-12-26)21(28)29-6-3/h7-10,15-16H,4-6,11-14H2,1-3H3,(H,22,23,24).